The van der Waals surface area contributed by atoms with Gasteiger partial charge >= 0.3 is 11.9 Å². The van der Waals surface area contributed by atoms with Crippen LogP contribution in [-0.4, -0.2) is 60.4 Å². The van der Waals surface area contributed by atoms with E-state index >= 15 is 0 Å². The largest absolute Gasteiger partial charge is 0.481 e. The van der Waals surface area contributed by atoms with Gasteiger partial charge in [0.25, 0.3) is 0 Å². The molecule has 2 aromatic heterocycles. The van der Waals surface area contributed by atoms with Gasteiger partial charge in [0.1, 0.15) is 5.56 Å². The first kappa shape index (κ1) is 24.8. The van der Waals surface area contributed by atoms with Crippen LogP contribution in [0.1, 0.15) is 60.9 Å². The molecule has 1 saturated heterocycles. The molecular weight excluding hydrogens is 450 g/mol. The molecule has 2 aliphatic rings. The zero-order chi connectivity index (χ0) is 24.8. The predicted molar refractivity (Wildman–Crippen MR) is 129 cm³/mol. The summed E-state index contributed by atoms with van der Waals surface area (Å²) in [5.74, 6) is 0.810. The highest BCUT2D eigenvalue weighted by Gasteiger charge is 2.34. The Balaban J connectivity index is 1.33. The van der Waals surface area contributed by atoms with E-state index in [1.165, 1.54) is 13.3 Å². The number of carboxylic acid groups (broad SMARTS) is 1. The maximum Gasteiger partial charge on any atom is 0.339 e. The van der Waals surface area contributed by atoms with E-state index in [1.807, 2.05) is 19.1 Å². The number of anilines is 1. The molecule has 1 unspecified atom stereocenters. The minimum absolute atomic E-state index is 0.142. The van der Waals surface area contributed by atoms with Gasteiger partial charge in [-0.3, -0.25) is 4.79 Å². The topological polar surface area (TPSA) is 111 Å². The monoisotopic (exact) mass is 483 g/mol. The third-order valence-corrected chi connectivity index (χ3v) is 6.79. The number of nitrogens with zero attached hydrogens (tertiary/aromatic N) is 3. The number of pyridine rings is 2. The van der Waals surface area contributed by atoms with Crippen molar-refractivity contribution in [1.82, 2.24) is 9.97 Å². The van der Waals surface area contributed by atoms with Gasteiger partial charge in [0.15, 0.2) is 0 Å². The van der Waals surface area contributed by atoms with Crippen LogP contribution in [0.2, 0.25) is 0 Å². The lowest BCUT2D eigenvalue weighted by atomic mass is 9.92. The van der Waals surface area contributed by atoms with Crippen LogP contribution < -0.4 is 14.4 Å². The standard InChI is InChI=1S/C26H33N3O6/c1-3-34-25(30)13-20(18-4-5-18)19-6-9-27-24(12-19)35-16-17-7-10-29(11-8-17)22-14-23(33-2)28-15-21(22)26(31)32/h6,9,12,14-15,17-18,20H,3-5,7-8,10-11,13,16H2,1-2H3,(H,31,32). The molecule has 1 atom stereocenters. The van der Waals surface area contributed by atoms with E-state index in [4.69, 9.17) is 14.2 Å². The highest BCUT2D eigenvalue weighted by atomic mass is 16.5. The molecule has 188 valence electrons. The molecule has 9 heteroatoms. The number of methoxy groups -OCH3 is 1. The molecular formula is C26H33N3O6. The maximum absolute atomic E-state index is 12.1. The summed E-state index contributed by atoms with van der Waals surface area (Å²) in [6.07, 6.45) is 7.49. The van der Waals surface area contributed by atoms with Gasteiger partial charge in [-0.05, 0) is 62.0 Å². The summed E-state index contributed by atoms with van der Waals surface area (Å²) in [4.78, 5) is 34.2. The Morgan fingerprint density at radius 2 is 1.91 bits per heavy atom. The summed E-state index contributed by atoms with van der Waals surface area (Å²) in [6.45, 7) is 4.20. The van der Waals surface area contributed by atoms with Gasteiger partial charge in [-0.25, -0.2) is 14.8 Å². The fraction of sp³-hybridized carbons (Fsp3) is 0.538. The highest BCUT2D eigenvalue weighted by molar-refractivity contribution is 5.94. The number of carboxylic acids is 1. The molecule has 0 spiro atoms. The molecule has 0 amide bonds. The third-order valence-electron chi connectivity index (χ3n) is 6.79. The first-order valence-electron chi connectivity index (χ1n) is 12.2. The van der Waals surface area contributed by atoms with E-state index in [2.05, 4.69) is 14.9 Å². The van der Waals surface area contributed by atoms with Crippen molar-refractivity contribution < 1.29 is 28.9 Å². The van der Waals surface area contributed by atoms with Gasteiger partial charge in [-0.1, -0.05) is 0 Å². The van der Waals surface area contributed by atoms with Gasteiger partial charge in [-0.2, -0.15) is 0 Å². The van der Waals surface area contributed by atoms with Crippen LogP contribution in [0.4, 0.5) is 5.69 Å². The minimum Gasteiger partial charge on any atom is -0.481 e. The highest BCUT2D eigenvalue weighted by Crippen LogP contribution is 2.45. The zero-order valence-corrected chi connectivity index (χ0v) is 20.3. The van der Waals surface area contributed by atoms with Crippen LogP contribution in [0.5, 0.6) is 11.8 Å². The second-order valence-electron chi connectivity index (χ2n) is 9.17. The number of hydrogen-bond donors (Lipinski definition) is 1. The molecule has 1 saturated carbocycles. The number of carbonyl (C=O) groups is 2. The molecule has 2 fully saturated rings. The Bertz CT molecular complexity index is 1030. The van der Waals surface area contributed by atoms with Crippen molar-refractivity contribution in [1.29, 1.82) is 0 Å². The van der Waals surface area contributed by atoms with E-state index in [0.29, 0.717) is 48.9 Å². The van der Waals surface area contributed by atoms with E-state index in [0.717, 1.165) is 44.3 Å². The van der Waals surface area contributed by atoms with E-state index < -0.39 is 5.97 Å². The van der Waals surface area contributed by atoms with E-state index in [-0.39, 0.29) is 17.5 Å². The van der Waals surface area contributed by atoms with Crippen molar-refractivity contribution in [3.63, 3.8) is 0 Å². The fourth-order valence-electron chi connectivity index (χ4n) is 4.70. The number of hydrogen-bond acceptors (Lipinski definition) is 8. The summed E-state index contributed by atoms with van der Waals surface area (Å²) in [5.41, 5.74) is 1.88. The smallest absolute Gasteiger partial charge is 0.339 e. The number of rotatable bonds is 11. The van der Waals surface area contributed by atoms with Gasteiger partial charge in [-0.15, -0.1) is 0 Å². The van der Waals surface area contributed by atoms with Crippen molar-refractivity contribution in [2.75, 3.05) is 38.3 Å². The van der Waals surface area contributed by atoms with Crippen molar-refractivity contribution in [3.05, 3.63) is 41.7 Å². The maximum atomic E-state index is 12.1. The quantitative estimate of drug-likeness (QED) is 0.475. The van der Waals surface area contributed by atoms with Crippen molar-refractivity contribution in [3.8, 4) is 11.8 Å². The number of piperidine rings is 1. The van der Waals surface area contributed by atoms with Gasteiger partial charge in [0.05, 0.1) is 32.4 Å². The first-order chi connectivity index (χ1) is 17.0. The molecule has 0 radical (unpaired) electrons. The molecule has 1 aliphatic heterocycles. The van der Waals surface area contributed by atoms with Crippen molar-refractivity contribution in [2.24, 2.45) is 11.8 Å². The molecule has 0 bridgehead atoms. The van der Waals surface area contributed by atoms with Crippen LogP contribution >= 0.6 is 0 Å². The molecule has 35 heavy (non-hydrogen) atoms. The van der Waals surface area contributed by atoms with Crippen LogP contribution in [-0.2, 0) is 9.53 Å². The van der Waals surface area contributed by atoms with Gasteiger partial charge < -0.3 is 24.2 Å². The van der Waals surface area contributed by atoms with Crippen LogP contribution in [0.15, 0.2) is 30.6 Å². The van der Waals surface area contributed by atoms with Crippen LogP contribution in [0.3, 0.4) is 0 Å². The lowest BCUT2D eigenvalue weighted by molar-refractivity contribution is -0.143. The second kappa shape index (κ2) is 11.4. The van der Waals surface area contributed by atoms with Gasteiger partial charge in [0.2, 0.25) is 11.8 Å². The number of esters is 1. The van der Waals surface area contributed by atoms with Crippen molar-refractivity contribution >= 4 is 17.6 Å². The average molecular weight is 484 g/mol. The molecule has 1 aliphatic carbocycles. The number of aromatic nitrogens is 2. The Hall–Kier alpha value is -3.36. The van der Waals surface area contributed by atoms with E-state index in [9.17, 15) is 14.7 Å². The van der Waals surface area contributed by atoms with Crippen LogP contribution in [0.25, 0.3) is 0 Å². The predicted octanol–water partition coefficient (Wildman–Crippen LogP) is 3.93. The lowest BCUT2D eigenvalue weighted by Crippen LogP contribution is -2.36. The molecule has 0 aromatic carbocycles. The third kappa shape index (κ3) is 6.41. The Kier molecular flexibility index (Phi) is 8.05. The van der Waals surface area contributed by atoms with Gasteiger partial charge in [0, 0.05) is 37.6 Å². The number of carbonyl (C=O) groups excluding carboxylic acids is 1. The Morgan fingerprint density at radius 3 is 2.57 bits per heavy atom. The second-order valence-corrected chi connectivity index (χ2v) is 9.17. The Labute approximate surface area is 205 Å². The molecule has 1 N–H and O–H groups in total. The number of aromatic carboxylic acids is 1. The fourth-order valence-corrected chi connectivity index (χ4v) is 4.70. The molecule has 3 heterocycles. The molecule has 9 nitrogen and oxygen atoms in total. The van der Waals surface area contributed by atoms with E-state index in [1.54, 1.807) is 12.3 Å². The average Bonchev–Trinajstić information content (AvgIpc) is 3.71. The lowest BCUT2D eigenvalue weighted by Gasteiger charge is -2.34. The first-order valence-corrected chi connectivity index (χ1v) is 12.2. The normalized spacial score (nSPS) is 17.0. The summed E-state index contributed by atoms with van der Waals surface area (Å²) in [6, 6.07) is 5.61. The summed E-state index contributed by atoms with van der Waals surface area (Å²) >= 11 is 0. The SMILES string of the molecule is CCOC(=O)CC(c1ccnc(OCC2CCN(c3cc(OC)ncc3C(=O)O)CC2)c1)C1CC1. The van der Waals surface area contributed by atoms with Crippen LogP contribution in [0, 0.1) is 11.8 Å². The zero-order valence-electron chi connectivity index (χ0n) is 20.3. The number of ether oxygens (including phenoxy) is 3. The molecule has 2 aromatic rings. The molecule has 4 rings (SSSR count). The summed E-state index contributed by atoms with van der Waals surface area (Å²) in [7, 11) is 1.52. The minimum atomic E-state index is -1.00. The summed E-state index contributed by atoms with van der Waals surface area (Å²) < 4.78 is 16.4. The summed E-state index contributed by atoms with van der Waals surface area (Å²) in [5, 5.41) is 9.54. The Morgan fingerprint density at radius 1 is 1.14 bits per heavy atom. The van der Waals surface area contributed by atoms with Crippen molar-refractivity contribution in [2.45, 2.75) is 44.9 Å².